The van der Waals surface area contributed by atoms with E-state index in [1.807, 2.05) is 0 Å². The summed E-state index contributed by atoms with van der Waals surface area (Å²) in [6, 6.07) is 1.39. The van der Waals surface area contributed by atoms with Crippen LogP contribution in [0.25, 0.3) is 0 Å². The largest absolute Gasteiger partial charge is 0.313 e. The van der Waals surface area contributed by atoms with Gasteiger partial charge < -0.3 is 5.32 Å². The van der Waals surface area contributed by atoms with Crippen LogP contribution < -0.4 is 5.32 Å². The van der Waals surface area contributed by atoms with Crippen LogP contribution in [0.4, 0.5) is 0 Å². The van der Waals surface area contributed by atoms with E-state index in [1.165, 1.54) is 38.8 Å². The molecule has 0 aliphatic heterocycles. The summed E-state index contributed by atoms with van der Waals surface area (Å²) in [5, 5.41) is 3.67. The lowest BCUT2D eigenvalue weighted by Crippen LogP contribution is -2.50. The quantitative estimate of drug-likeness (QED) is 0.617. The Labute approximate surface area is 103 Å². The maximum atomic E-state index is 3.67. The first-order valence-corrected chi connectivity index (χ1v) is 7.22. The molecule has 0 heterocycles. The van der Waals surface area contributed by atoms with Crippen molar-refractivity contribution in [3.63, 3.8) is 0 Å². The first-order valence-electron chi connectivity index (χ1n) is 7.22. The number of nitrogens with one attached hydrogen (secondary N) is 1. The highest BCUT2D eigenvalue weighted by Gasteiger charge is 2.23. The lowest BCUT2D eigenvalue weighted by atomic mass is 9.99. The number of rotatable bonds is 10. The van der Waals surface area contributed by atoms with Crippen molar-refractivity contribution in [2.75, 3.05) is 19.6 Å². The average Bonchev–Trinajstić information content (AvgIpc) is 2.29. The van der Waals surface area contributed by atoms with Gasteiger partial charge in [0.1, 0.15) is 0 Å². The molecule has 0 aliphatic carbocycles. The highest BCUT2D eigenvalue weighted by Crippen LogP contribution is 2.14. The molecule has 16 heavy (non-hydrogen) atoms. The molecule has 0 amide bonds. The summed E-state index contributed by atoms with van der Waals surface area (Å²) >= 11 is 0. The summed E-state index contributed by atoms with van der Waals surface area (Å²) in [5.41, 5.74) is 0. The molecule has 0 rings (SSSR count). The molecular weight excluding hydrogens is 196 g/mol. The highest BCUT2D eigenvalue weighted by molar-refractivity contribution is 4.82. The van der Waals surface area contributed by atoms with Crippen LogP contribution in [-0.4, -0.2) is 36.6 Å². The number of likely N-dealkylation sites (N-methyl/N-ethyl adjacent to an activating group) is 2. The molecule has 2 atom stereocenters. The van der Waals surface area contributed by atoms with Crippen LogP contribution in [0.15, 0.2) is 0 Å². The van der Waals surface area contributed by atoms with Gasteiger partial charge in [-0.3, -0.25) is 4.90 Å². The Balaban J connectivity index is 4.46. The minimum atomic E-state index is 0.673. The molecule has 0 aliphatic rings. The Morgan fingerprint density at radius 1 is 1.00 bits per heavy atom. The molecule has 0 saturated carbocycles. The summed E-state index contributed by atoms with van der Waals surface area (Å²) in [6.07, 6.45) is 5.09. The van der Waals surface area contributed by atoms with Gasteiger partial charge in [0.2, 0.25) is 0 Å². The molecule has 98 valence electrons. The van der Waals surface area contributed by atoms with Crippen LogP contribution in [0.2, 0.25) is 0 Å². The Morgan fingerprint density at radius 2 is 1.69 bits per heavy atom. The molecule has 2 unspecified atom stereocenters. The number of hydrogen-bond donors (Lipinski definition) is 1. The Hall–Kier alpha value is -0.0800. The zero-order valence-corrected chi connectivity index (χ0v) is 12.1. The third-order valence-corrected chi connectivity index (χ3v) is 3.33. The van der Waals surface area contributed by atoms with Gasteiger partial charge in [-0.15, -0.1) is 0 Å². The van der Waals surface area contributed by atoms with Crippen LogP contribution in [0.1, 0.15) is 60.3 Å². The topological polar surface area (TPSA) is 15.3 Å². The van der Waals surface area contributed by atoms with Crippen molar-refractivity contribution in [1.82, 2.24) is 10.2 Å². The molecule has 0 spiro atoms. The Morgan fingerprint density at radius 3 is 2.06 bits per heavy atom. The van der Waals surface area contributed by atoms with E-state index in [9.17, 15) is 0 Å². The van der Waals surface area contributed by atoms with Crippen molar-refractivity contribution < 1.29 is 0 Å². The van der Waals surface area contributed by atoms with Crippen molar-refractivity contribution in [2.45, 2.75) is 72.4 Å². The van der Waals surface area contributed by atoms with Crippen LogP contribution in [0.5, 0.6) is 0 Å². The summed E-state index contributed by atoms with van der Waals surface area (Å²) in [4.78, 5) is 2.64. The van der Waals surface area contributed by atoms with E-state index in [2.05, 4.69) is 44.8 Å². The molecule has 0 aromatic rings. The minimum absolute atomic E-state index is 0.673. The molecule has 0 fully saturated rings. The van der Waals surface area contributed by atoms with Gasteiger partial charge >= 0.3 is 0 Å². The van der Waals surface area contributed by atoms with Gasteiger partial charge in [-0.2, -0.15) is 0 Å². The molecule has 0 radical (unpaired) electrons. The molecular formula is C14H32N2. The van der Waals surface area contributed by atoms with Gasteiger partial charge in [-0.1, -0.05) is 41.0 Å². The van der Waals surface area contributed by atoms with Crippen LogP contribution in [0.3, 0.4) is 0 Å². The second-order valence-electron chi connectivity index (χ2n) is 4.56. The fourth-order valence-electron chi connectivity index (χ4n) is 2.65. The molecule has 0 bridgehead atoms. The second-order valence-corrected chi connectivity index (χ2v) is 4.56. The summed E-state index contributed by atoms with van der Waals surface area (Å²) in [5.74, 6) is 0. The lowest BCUT2D eigenvalue weighted by molar-refractivity contribution is 0.154. The minimum Gasteiger partial charge on any atom is -0.313 e. The van der Waals surface area contributed by atoms with Crippen LogP contribution in [0, 0.1) is 0 Å². The van der Waals surface area contributed by atoms with E-state index in [1.54, 1.807) is 0 Å². The van der Waals surface area contributed by atoms with Crippen molar-refractivity contribution in [3.8, 4) is 0 Å². The van der Waals surface area contributed by atoms with Gasteiger partial charge in [0.15, 0.2) is 0 Å². The van der Waals surface area contributed by atoms with Gasteiger partial charge in [-0.25, -0.2) is 0 Å². The van der Waals surface area contributed by atoms with E-state index < -0.39 is 0 Å². The molecule has 0 aromatic heterocycles. The average molecular weight is 228 g/mol. The van der Waals surface area contributed by atoms with Gasteiger partial charge in [0.25, 0.3) is 0 Å². The standard InChI is InChI=1S/C14H32N2/c1-6-11-13(15-9-4)14(8-3)16(10-5)12-7-2/h13-15H,6-12H2,1-5H3. The molecule has 0 saturated heterocycles. The smallest absolute Gasteiger partial charge is 0.0246 e. The van der Waals surface area contributed by atoms with Crippen molar-refractivity contribution in [3.05, 3.63) is 0 Å². The summed E-state index contributed by atoms with van der Waals surface area (Å²) < 4.78 is 0. The van der Waals surface area contributed by atoms with Gasteiger partial charge in [0, 0.05) is 12.1 Å². The third-order valence-electron chi connectivity index (χ3n) is 3.33. The lowest BCUT2D eigenvalue weighted by Gasteiger charge is -2.36. The maximum absolute atomic E-state index is 3.67. The normalized spacial score (nSPS) is 15.4. The number of hydrogen-bond acceptors (Lipinski definition) is 2. The van der Waals surface area contributed by atoms with Crippen LogP contribution in [-0.2, 0) is 0 Å². The van der Waals surface area contributed by atoms with E-state index in [0.717, 1.165) is 6.54 Å². The van der Waals surface area contributed by atoms with E-state index in [-0.39, 0.29) is 0 Å². The second kappa shape index (κ2) is 10.1. The first-order chi connectivity index (χ1) is 7.74. The van der Waals surface area contributed by atoms with Crippen molar-refractivity contribution >= 4 is 0 Å². The SMILES string of the molecule is CCCC(NCC)C(CC)N(CC)CCC. The Kier molecular flexibility index (Phi) is 10.0. The highest BCUT2D eigenvalue weighted by atomic mass is 15.2. The zero-order chi connectivity index (χ0) is 12.4. The maximum Gasteiger partial charge on any atom is 0.0246 e. The van der Waals surface area contributed by atoms with Gasteiger partial charge in [0.05, 0.1) is 0 Å². The fraction of sp³-hybridized carbons (Fsp3) is 1.00. The van der Waals surface area contributed by atoms with Crippen LogP contribution >= 0.6 is 0 Å². The zero-order valence-electron chi connectivity index (χ0n) is 12.1. The molecule has 2 nitrogen and oxygen atoms in total. The third kappa shape index (κ3) is 5.31. The predicted octanol–water partition coefficient (Wildman–Crippen LogP) is 3.28. The van der Waals surface area contributed by atoms with E-state index >= 15 is 0 Å². The molecule has 1 N–H and O–H groups in total. The molecule has 2 heteroatoms. The monoisotopic (exact) mass is 228 g/mol. The van der Waals surface area contributed by atoms with Crippen molar-refractivity contribution in [1.29, 1.82) is 0 Å². The van der Waals surface area contributed by atoms with E-state index in [4.69, 9.17) is 0 Å². The predicted molar refractivity (Wildman–Crippen MR) is 74.0 cm³/mol. The van der Waals surface area contributed by atoms with Gasteiger partial charge in [-0.05, 0) is 38.9 Å². The summed E-state index contributed by atoms with van der Waals surface area (Å²) in [7, 11) is 0. The van der Waals surface area contributed by atoms with Crippen molar-refractivity contribution in [2.24, 2.45) is 0 Å². The molecule has 0 aromatic carbocycles. The fourth-order valence-corrected chi connectivity index (χ4v) is 2.65. The number of nitrogens with zero attached hydrogens (tertiary/aromatic N) is 1. The Bertz CT molecular complexity index is 142. The first kappa shape index (κ1) is 15.9. The van der Waals surface area contributed by atoms with E-state index in [0.29, 0.717) is 12.1 Å². The summed E-state index contributed by atoms with van der Waals surface area (Å²) in [6.45, 7) is 14.9.